The van der Waals surface area contributed by atoms with E-state index in [1.54, 1.807) is 19.1 Å². The molecule has 5 heteroatoms. The number of nitrogens with two attached hydrogens (primary N) is 1. The van der Waals surface area contributed by atoms with Crippen LogP contribution in [0.4, 0.5) is 5.69 Å². The second-order valence-corrected chi connectivity index (χ2v) is 4.77. The van der Waals surface area contributed by atoms with Gasteiger partial charge in [0.05, 0.1) is 18.1 Å². The molecule has 0 bridgehead atoms. The van der Waals surface area contributed by atoms with E-state index >= 15 is 0 Å². The molecule has 1 aliphatic rings. The number of anilines is 1. The highest BCUT2D eigenvalue weighted by molar-refractivity contribution is 5.84. The summed E-state index contributed by atoms with van der Waals surface area (Å²) < 4.78 is 0. The number of amides is 1. The molecule has 1 saturated heterocycles. The maximum Gasteiger partial charge on any atom is 0.230 e. The van der Waals surface area contributed by atoms with Crippen molar-refractivity contribution in [3.8, 4) is 0 Å². The second-order valence-electron chi connectivity index (χ2n) is 4.77. The number of aliphatic hydroxyl groups excluding tert-OH is 2. The number of carbonyl (C=O) groups excluding carboxylic acids is 1. The maximum atomic E-state index is 12.2. The van der Waals surface area contributed by atoms with E-state index in [1.165, 1.54) is 4.90 Å². The van der Waals surface area contributed by atoms with Crippen LogP contribution in [0.3, 0.4) is 0 Å². The van der Waals surface area contributed by atoms with Gasteiger partial charge in [-0.3, -0.25) is 4.79 Å². The number of carbonyl (C=O) groups is 1. The van der Waals surface area contributed by atoms with Crippen LogP contribution in [0.2, 0.25) is 0 Å². The molecular formula is C13H18N2O3. The van der Waals surface area contributed by atoms with E-state index in [9.17, 15) is 15.0 Å². The van der Waals surface area contributed by atoms with Gasteiger partial charge >= 0.3 is 0 Å². The topological polar surface area (TPSA) is 86.8 Å². The fraction of sp³-hybridized carbons (Fsp3) is 0.462. The van der Waals surface area contributed by atoms with Crippen LogP contribution in [0.5, 0.6) is 0 Å². The van der Waals surface area contributed by atoms with Gasteiger partial charge in [0.15, 0.2) is 0 Å². The van der Waals surface area contributed by atoms with Crippen LogP contribution in [0, 0.1) is 0 Å². The molecule has 1 aromatic carbocycles. The number of aliphatic hydroxyl groups is 2. The molecule has 0 radical (unpaired) electrons. The van der Waals surface area contributed by atoms with Gasteiger partial charge in [0.25, 0.3) is 0 Å². The van der Waals surface area contributed by atoms with Crippen molar-refractivity contribution in [3.05, 3.63) is 29.8 Å². The summed E-state index contributed by atoms with van der Waals surface area (Å²) in [6.07, 6.45) is -1.69. The molecule has 3 unspecified atom stereocenters. The number of β-amino-alcohol motifs (C(OH)–C–C–N with tert-alkyl or cyclic N) is 2. The van der Waals surface area contributed by atoms with Gasteiger partial charge in [0.2, 0.25) is 5.91 Å². The predicted molar refractivity (Wildman–Crippen MR) is 67.9 cm³/mol. The lowest BCUT2D eigenvalue weighted by molar-refractivity contribution is -0.131. The largest absolute Gasteiger partial charge is 0.399 e. The van der Waals surface area contributed by atoms with Gasteiger partial charge in [-0.25, -0.2) is 0 Å². The summed E-state index contributed by atoms with van der Waals surface area (Å²) in [6, 6.07) is 7.19. The number of benzene rings is 1. The van der Waals surface area contributed by atoms with Crippen LogP contribution in [0.25, 0.3) is 0 Å². The molecule has 0 spiro atoms. The van der Waals surface area contributed by atoms with Gasteiger partial charge in [-0.05, 0) is 24.6 Å². The first kappa shape index (κ1) is 12.9. The summed E-state index contributed by atoms with van der Waals surface area (Å²) in [5, 5.41) is 18.9. The van der Waals surface area contributed by atoms with Crippen LogP contribution >= 0.6 is 0 Å². The molecule has 0 aliphatic carbocycles. The summed E-state index contributed by atoms with van der Waals surface area (Å²) in [5.74, 6) is -0.429. The number of hydrogen-bond acceptors (Lipinski definition) is 4. The molecule has 1 aliphatic heterocycles. The van der Waals surface area contributed by atoms with E-state index in [0.717, 1.165) is 5.56 Å². The Kier molecular flexibility index (Phi) is 3.54. The third kappa shape index (κ3) is 2.47. The predicted octanol–water partition coefficient (Wildman–Crippen LogP) is -0.0637. The van der Waals surface area contributed by atoms with Crippen LogP contribution in [-0.4, -0.2) is 46.3 Å². The molecule has 5 nitrogen and oxygen atoms in total. The van der Waals surface area contributed by atoms with Crippen molar-refractivity contribution in [3.63, 3.8) is 0 Å². The van der Waals surface area contributed by atoms with Gasteiger partial charge in [-0.15, -0.1) is 0 Å². The van der Waals surface area contributed by atoms with Gasteiger partial charge < -0.3 is 20.8 Å². The Morgan fingerprint density at radius 1 is 1.39 bits per heavy atom. The molecule has 1 aromatic rings. The normalized spacial score (nSPS) is 25.2. The molecule has 1 amide bonds. The SMILES string of the molecule is CC(C(=O)N1CC(O)C(O)C1)c1cccc(N)c1. The van der Waals surface area contributed by atoms with Crippen molar-refractivity contribution in [1.29, 1.82) is 0 Å². The Balaban J connectivity index is 2.10. The number of likely N-dealkylation sites (tertiary alicyclic amines) is 1. The van der Waals surface area contributed by atoms with Crippen LogP contribution < -0.4 is 5.73 Å². The average molecular weight is 250 g/mol. The van der Waals surface area contributed by atoms with E-state index in [4.69, 9.17) is 5.73 Å². The molecule has 1 fully saturated rings. The Hall–Kier alpha value is -1.59. The summed E-state index contributed by atoms with van der Waals surface area (Å²) >= 11 is 0. The van der Waals surface area contributed by atoms with E-state index in [-0.39, 0.29) is 24.9 Å². The maximum absolute atomic E-state index is 12.2. The van der Waals surface area contributed by atoms with Crippen molar-refractivity contribution in [2.75, 3.05) is 18.8 Å². The van der Waals surface area contributed by atoms with Crippen molar-refractivity contribution < 1.29 is 15.0 Å². The summed E-state index contributed by atoms with van der Waals surface area (Å²) in [5.41, 5.74) is 7.15. The monoisotopic (exact) mass is 250 g/mol. The van der Waals surface area contributed by atoms with Crippen LogP contribution in [-0.2, 0) is 4.79 Å². The first-order valence-corrected chi connectivity index (χ1v) is 5.99. The highest BCUT2D eigenvalue weighted by Gasteiger charge is 2.34. The molecule has 18 heavy (non-hydrogen) atoms. The van der Waals surface area contributed by atoms with Gasteiger partial charge in [-0.2, -0.15) is 0 Å². The van der Waals surface area contributed by atoms with Crippen molar-refractivity contribution in [1.82, 2.24) is 4.90 Å². The minimum Gasteiger partial charge on any atom is -0.399 e. The lowest BCUT2D eigenvalue weighted by Crippen LogP contribution is -2.33. The smallest absolute Gasteiger partial charge is 0.230 e. The third-order valence-corrected chi connectivity index (χ3v) is 3.35. The Labute approximate surface area is 106 Å². The molecule has 0 saturated carbocycles. The first-order chi connectivity index (χ1) is 8.49. The quantitative estimate of drug-likeness (QED) is 0.642. The summed E-state index contributed by atoms with van der Waals surface area (Å²) in [6.45, 7) is 2.17. The Morgan fingerprint density at radius 2 is 2.00 bits per heavy atom. The standard InChI is InChI=1S/C13H18N2O3/c1-8(9-3-2-4-10(14)5-9)13(18)15-6-11(16)12(17)7-15/h2-5,8,11-12,16-17H,6-7,14H2,1H3. The fourth-order valence-electron chi connectivity index (χ4n) is 2.19. The molecule has 4 N–H and O–H groups in total. The van der Waals surface area contributed by atoms with Crippen LogP contribution in [0.15, 0.2) is 24.3 Å². The molecule has 0 aromatic heterocycles. The van der Waals surface area contributed by atoms with Gasteiger partial charge in [-0.1, -0.05) is 12.1 Å². The third-order valence-electron chi connectivity index (χ3n) is 3.35. The second kappa shape index (κ2) is 4.96. The zero-order chi connectivity index (χ0) is 13.3. The lowest BCUT2D eigenvalue weighted by atomic mass is 9.99. The van der Waals surface area contributed by atoms with Gasteiger partial charge in [0, 0.05) is 18.8 Å². The number of nitrogens with zero attached hydrogens (tertiary/aromatic N) is 1. The minimum absolute atomic E-state index is 0.101. The van der Waals surface area contributed by atoms with Crippen LogP contribution in [0.1, 0.15) is 18.4 Å². The lowest BCUT2D eigenvalue weighted by Gasteiger charge is -2.20. The average Bonchev–Trinajstić information content (AvgIpc) is 2.68. The Bertz CT molecular complexity index is 440. The van der Waals surface area contributed by atoms with Crippen molar-refractivity contribution in [2.24, 2.45) is 0 Å². The van der Waals surface area contributed by atoms with Crippen molar-refractivity contribution in [2.45, 2.75) is 25.0 Å². The van der Waals surface area contributed by atoms with E-state index in [0.29, 0.717) is 5.69 Å². The van der Waals surface area contributed by atoms with Gasteiger partial charge in [0.1, 0.15) is 0 Å². The molecule has 1 heterocycles. The first-order valence-electron chi connectivity index (χ1n) is 5.99. The van der Waals surface area contributed by atoms with E-state index in [1.807, 2.05) is 12.1 Å². The number of nitrogen functional groups attached to an aromatic ring is 1. The molecule has 98 valence electrons. The zero-order valence-corrected chi connectivity index (χ0v) is 10.3. The highest BCUT2D eigenvalue weighted by Crippen LogP contribution is 2.22. The number of hydrogen-bond donors (Lipinski definition) is 3. The fourth-order valence-corrected chi connectivity index (χ4v) is 2.19. The molecule has 2 rings (SSSR count). The summed E-state index contributed by atoms with van der Waals surface area (Å²) in [4.78, 5) is 13.7. The molecule has 3 atom stereocenters. The van der Waals surface area contributed by atoms with E-state index < -0.39 is 12.2 Å². The summed E-state index contributed by atoms with van der Waals surface area (Å²) in [7, 11) is 0. The van der Waals surface area contributed by atoms with E-state index in [2.05, 4.69) is 0 Å². The minimum atomic E-state index is -0.845. The Morgan fingerprint density at radius 3 is 2.56 bits per heavy atom. The molecular weight excluding hydrogens is 232 g/mol. The number of rotatable bonds is 2. The van der Waals surface area contributed by atoms with Crippen molar-refractivity contribution >= 4 is 11.6 Å². The zero-order valence-electron chi connectivity index (χ0n) is 10.3. The highest BCUT2D eigenvalue weighted by atomic mass is 16.3.